The topological polar surface area (TPSA) is 62.5 Å². The van der Waals surface area contributed by atoms with Crippen molar-refractivity contribution in [3.8, 4) is 0 Å². The van der Waals surface area contributed by atoms with Gasteiger partial charge in [-0.15, -0.1) is 24.0 Å². The summed E-state index contributed by atoms with van der Waals surface area (Å²) in [5.41, 5.74) is 1.48. The second-order valence-electron chi connectivity index (χ2n) is 5.62. The van der Waals surface area contributed by atoms with Crippen LogP contribution in [0.15, 0.2) is 15.6 Å². The number of halogens is 1. The van der Waals surface area contributed by atoms with Crippen LogP contribution in [0, 0.1) is 5.41 Å². The predicted octanol–water partition coefficient (Wildman–Crippen LogP) is 3.10. The van der Waals surface area contributed by atoms with Gasteiger partial charge in [0.25, 0.3) is 0 Å². The monoisotopic (exact) mass is 406 g/mol. The molecule has 0 unspecified atom stereocenters. The summed E-state index contributed by atoms with van der Waals surface area (Å²) in [6.45, 7) is 5.96. The maximum Gasteiger partial charge on any atom is 0.191 e. The second kappa shape index (κ2) is 8.60. The molecule has 21 heavy (non-hydrogen) atoms. The molecule has 1 saturated carbocycles. The van der Waals surface area contributed by atoms with E-state index in [2.05, 4.69) is 34.6 Å². The third-order valence-corrected chi connectivity index (χ3v) is 4.42. The van der Waals surface area contributed by atoms with Crippen LogP contribution in [0.25, 0.3) is 0 Å². The van der Waals surface area contributed by atoms with Crippen molar-refractivity contribution in [2.75, 3.05) is 13.6 Å². The van der Waals surface area contributed by atoms with Gasteiger partial charge in [-0.05, 0) is 31.1 Å². The summed E-state index contributed by atoms with van der Waals surface area (Å²) in [5.74, 6) is 1.68. The summed E-state index contributed by atoms with van der Waals surface area (Å²) >= 11 is 0. The number of aryl methyl sites for hydroxylation is 1. The van der Waals surface area contributed by atoms with Gasteiger partial charge < -0.3 is 15.2 Å². The Morgan fingerprint density at radius 3 is 2.62 bits per heavy atom. The van der Waals surface area contributed by atoms with E-state index in [0.717, 1.165) is 30.4 Å². The third-order valence-electron chi connectivity index (χ3n) is 4.42. The number of aromatic nitrogens is 1. The second-order valence-corrected chi connectivity index (χ2v) is 5.62. The maximum atomic E-state index is 5.25. The van der Waals surface area contributed by atoms with Crippen molar-refractivity contribution in [3.05, 3.63) is 17.5 Å². The van der Waals surface area contributed by atoms with Gasteiger partial charge in [-0.25, -0.2) is 0 Å². The van der Waals surface area contributed by atoms with Gasteiger partial charge in [-0.3, -0.25) is 4.99 Å². The van der Waals surface area contributed by atoms with Crippen LogP contribution in [0.2, 0.25) is 0 Å². The molecule has 1 heterocycles. The first-order valence-corrected chi connectivity index (χ1v) is 7.60. The van der Waals surface area contributed by atoms with Crippen LogP contribution in [-0.4, -0.2) is 24.7 Å². The van der Waals surface area contributed by atoms with Crippen LogP contribution in [0.5, 0.6) is 0 Å². The maximum absolute atomic E-state index is 5.25. The Bertz CT molecular complexity index is 449. The first kappa shape index (κ1) is 18.3. The molecule has 0 amide bonds. The Morgan fingerprint density at radius 1 is 1.38 bits per heavy atom. The fourth-order valence-corrected chi connectivity index (χ4v) is 2.60. The molecule has 0 bridgehead atoms. The summed E-state index contributed by atoms with van der Waals surface area (Å²) in [6.07, 6.45) is 6.15. The molecule has 1 aromatic heterocycles. The molecule has 0 atom stereocenters. The molecule has 0 aromatic carbocycles. The van der Waals surface area contributed by atoms with Gasteiger partial charge >= 0.3 is 0 Å². The fourth-order valence-electron chi connectivity index (χ4n) is 2.60. The van der Waals surface area contributed by atoms with Crippen LogP contribution in [0.3, 0.4) is 0 Å². The zero-order valence-electron chi connectivity index (χ0n) is 13.2. The third kappa shape index (κ3) is 4.86. The lowest BCUT2D eigenvalue weighted by molar-refractivity contribution is 0.131. The average molecular weight is 406 g/mol. The van der Waals surface area contributed by atoms with E-state index in [1.165, 1.54) is 25.7 Å². The largest absolute Gasteiger partial charge is 0.359 e. The van der Waals surface area contributed by atoms with Gasteiger partial charge in [0.2, 0.25) is 0 Å². The molecule has 6 heteroatoms. The molecule has 0 spiro atoms. The molecule has 120 valence electrons. The van der Waals surface area contributed by atoms with Crippen LogP contribution >= 0.6 is 24.0 Å². The van der Waals surface area contributed by atoms with E-state index in [9.17, 15) is 0 Å². The highest BCUT2D eigenvalue weighted by Crippen LogP contribution is 2.42. The highest BCUT2D eigenvalue weighted by Gasteiger charge is 2.34. The first-order valence-electron chi connectivity index (χ1n) is 7.60. The molecular formula is C15H27IN4O. The minimum Gasteiger partial charge on any atom is -0.359 e. The molecule has 0 aliphatic heterocycles. The molecule has 5 nitrogen and oxygen atoms in total. The van der Waals surface area contributed by atoms with Crippen molar-refractivity contribution < 1.29 is 4.52 Å². The van der Waals surface area contributed by atoms with Gasteiger partial charge in [0.1, 0.15) is 0 Å². The van der Waals surface area contributed by atoms with E-state index in [1.807, 2.05) is 6.07 Å². The Morgan fingerprint density at radius 2 is 2.14 bits per heavy atom. The van der Waals surface area contributed by atoms with Crippen LogP contribution in [-0.2, 0) is 13.0 Å². The zero-order valence-corrected chi connectivity index (χ0v) is 15.6. The summed E-state index contributed by atoms with van der Waals surface area (Å²) < 4.78 is 5.25. The van der Waals surface area contributed by atoms with Gasteiger partial charge in [0.15, 0.2) is 11.7 Å². The van der Waals surface area contributed by atoms with E-state index < -0.39 is 0 Å². The fraction of sp³-hybridized carbons (Fsp3) is 0.733. The molecule has 2 N–H and O–H groups in total. The van der Waals surface area contributed by atoms with Crippen molar-refractivity contribution in [1.29, 1.82) is 0 Å². The minimum atomic E-state index is 0. The Labute approximate surface area is 144 Å². The van der Waals surface area contributed by atoms with Crippen molar-refractivity contribution in [3.63, 3.8) is 0 Å². The number of hydrogen-bond acceptors (Lipinski definition) is 3. The van der Waals surface area contributed by atoms with Crippen molar-refractivity contribution in [2.45, 2.75) is 52.5 Å². The van der Waals surface area contributed by atoms with Crippen molar-refractivity contribution >= 4 is 29.9 Å². The average Bonchev–Trinajstić information content (AvgIpc) is 2.89. The van der Waals surface area contributed by atoms with E-state index >= 15 is 0 Å². The number of nitrogens with zero attached hydrogens (tertiary/aromatic N) is 2. The standard InChI is InChI=1S/C15H26N4O.HI/c1-4-12-9-13(20-19-12)10-17-14(16-3)18-11-15(5-2)7-6-8-15;/h9H,4-8,10-11H2,1-3H3,(H2,16,17,18);1H. The van der Waals surface area contributed by atoms with Crippen LogP contribution < -0.4 is 10.6 Å². The van der Waals surface area contributed by atoms with Crippen molar-refractivity contribution in [1.82, 2.24) is 15.8 Å². The summed E-state index contributed by atoms with van der Waals surface area (Å²) in [5, 5.41) is 10.7. The molecule has 1 fully saturated rings. The Balaban J connectivity index is 0.00000220. The number of aliphatic imine (C=N–C) groups is 1. The lowest BCUT2D eigenvalue weighted by atomic mass is 9.67. The van der Waals surface area contributed by atoms with E-state index in [-0.39, 0.29) is 24.0 Å². The quantitative estimate of drug-likeness (QED) is 0.433. The first-order chi connectivity index (χ1) is 9.71. The van der Waals surface area contributed by atoms with E-state index in [1.54, 1.807) is 7.05 Å². The molecule has 1 aliphatic rings. The SMILES string of the molecule is CCc1cc(CNC(=NC)NCC2(CC)CCC2)on1.I. The summed E-state index contributed by atoms with van der Waals surface area (Å²) in [7, 11) is 1.80. The van der Waals surface area contributed by atoms with Gasteiger partial charge in [-0.2, -0.15) is 0 Å². The molecule has 2 rings (SSSR count). The lowest BCUT2D eigenvalue weighted by Gasteiger charge is -2.41. The molecule has 1 aliphatic carbocycles. The number of rotatable bonds is 6. The Hall–Kier alpha value is -0.790. The molecule has 1 aromatic rings. The molecule has 0 radical (unpaired) electrons. The molecule has 0 saturated heterocycles. The van der Waals surface area contributed by atoms with Crippen LogP contribution in [0.1, 0.15) is 51.0 Å². The highest BCUT2D eigenvalue weighted by molar-refractivity contribution is 14.0. The smallest absolute Gasteiger partial charge is 0.191 e. The number of nitrogens with one attached hydrogen (secondary N) is 2. The van der Waals surface area contributed by atoms with Gasteiger partial charge in [0.05, 0.1) is 12.2 Å². The van der Waals surface area contributed by atoms with E-state index in [0.29, 0.717) is 12.0 Å². The number of guanidine groups is 1. The summed E-state index contributed by atoms with van der Waals surface area (Å²) in [4.78, 5) is 4.26. The summed E-state index contributed by atoms with van der Waals surface area (Å²) in [6, 6.07) is 1.99. The predicted molar refractivity (Wildman–Crippen MR) is 96.1 cm³/mol. The highest BCUT2D eigenvalue weighted by atomic mass is 127. The van der Waals surface area contributed by atoms with Gasteiger partial charge in [0, 0.05) is 19.7 Å². The van der Waals surface area contributed by atoms with E-state index in [4.69, 9.17) is 4.52 Å². The van der Waals surface area contributed by atoms with Gasteiger partial charge in [-0.1, -0.05) is 25.4 Å². The van der Waals surface area contributed by atoms with Crippen molar-refractivity contribution in [2.24, 2.45) is 10.4 Å². The minimum absolute atomic E-state index is 0. The lowest BCUT2D eigenvalue weighted by Crippen LogP contribution is -2.46. The Kier molecular flexibility index (Phi) is 7.48. The zero-order chi connectivity index (χ0) is 14.4. The van der Waals surface area contributed by atoms with Crippen LogP contribution in [0.4, 0.5) is 0 Å². The number of hydrogen-bond donors (Lipinski definition) is 2. The molecular weight excluding hydrogens is 379 g/mol. The normalized spacial score (nSPS) is 16.8.